The zero-order valence-electron chi connectivity index (χ0n) is 10.4. The molecule has 2 aromatic rings. The lowest BCUT2D eigenvalue weighted by molar-refractivity contribution is -0.120. The van der Waals surface area contributed by atoms with Crippen molar-refractivity contribution in [3.63, 3.8) is 0 Å². The molecule has 0 radical (unpaired) electrons. The molecule has 0 saturated heterocycles. The molecule has 10 heteroatoms. The van der Waals surface area contributed by atoms with Gasteiger partial charge >= 0.3 is 0 Å². The summed E-state index contributed by atoms with van der Waals surface area (Å²) in [6.45, 7) is 0. The second-order valence-corrected chi connectivity index (χ2v) is 5.25. The lowest BCUT2D eigenvalue weighted by atomic mass is 10.2. The van der Waals surface area contributed by atoms with Crippen LogP contribution in [0.15, 0.2) is 18.3 Å². The van der Waals surface area contributed by atoms with E-state index in [0.29, 0.717) is 3.57 Å². The highest BCUT2D eigenvalue weighted by Gasteiger charge is 2.12. The number of anilines is 2. The molecular weight excluding hydrogens is 414 g/mol. The van der Waals surface area contributed by atoms with Gasteiger partial charge in [0, 0.05) is 6.20 Å². The Labute approximate surface area is 137 Å². The van der Waals surface area contributed by atoms with Crippen LogP contribution in [-0.2, 0) is 11.2 Å². The summed E-state index contributed by atoms with van der Waals surface area (Å²) in [5.74, 6) is -0.816. The number of rotatable bonds is 4. The van der Waals surface area contributed by atoms with Crippen LogP contribution in [0.5, 0.6) is 0 Å². The molecule has 2 heterocycles. The summed E-state index contributed by atoms with van der Waals surface area (Å²) in [6.07, 6.45) is 1.19. The van der Waals surface area contributed by atoms with Gasteiger partial charge in [-0.15, -0.1) is 0 Å². The third-order valence-electron chi connectivity index (χ3n) is 2.31. The highest BCUT2D eigenvalue weighted by Crippen LogP contribution is 2.23. The number of hydrogen-bond acceptors (Lipinski definition) is 6. The molecule has 0 fully saturated rings. The van der Waals surface area contributed by atoms with E-state index in [1.807, 2.05) is 22.6 Å². The van der Waals surface area contributed by atoms with E-state index in [0.717, 1.165) is 0 Å². The van der Waals surface area contributed by atoms with Gasteiger partial charge in [0.25, 0.3) is 0 Å². The van der Waals surface area contributed by atoms with E-state index in [1.165, 1.54) is 18.3 Å². The molecule has 21 heavy (non-hydrogen) atoms. The lowest BCUT2D eigenvalue weighted by Crippen LogP contribution is -2.32. The molecule has 1 amide bonds. The van der Waals surface area contributed by atoms with E-state index in [1.54, 1.807) is 0 Å². The number of aromatic nitrogens is 3. The topological polar surface area (TPSA) is 106 Å². The molecule has 0 spiro atoms. The van der Waals surface area contributed by atoms with Crippen LogP contribution in [0.2, 0.25) is 5.15 Å². The Balaban J connectivity index is 2.00. The fraction of sp³-hybridized carbons (Fsp3) is 0.0909. The van der Waals surface area contributed by atoms with Crippen LogP contribution < -0.4 is 16.6 Å². The number of carbonyl (C=O) groups is 1. The van der Waals surface area contributed by atoms with Crippen molar-refractivity contribution < 1.29 is 9.18 Å². The average Bonchev–Trinajstić information content (AvgIpc) is 2.44. The summed E-state index contributed by atoms with van der Waals surface area (Å²) in [7, 11) is 0. The maximum absolute atomic E-state index is 13.4. The van der Waals surface area contributed by atoms with Crippen LogP contribution in [0.25, 0.3) is 0 Å². The van der Waals surface area contributed by atoms with Gasteiger partial charge in [0.1, 0.15) is 11.0 Å². The molecule has 0 aliphatic carbocycles. The maximum atomic E-state index is 13.4. The molecule has 2 rings (SSSR count). The number of carbonyl (C=O) groups excluding carboxylic acids is 1. The molecule has 110 valence electrons. The van der Waals surface area contributed by atoms with Gasteiger partial charge < -0.3 is 5.73 Å². The fourth-order valence-corrected chi connectivity index (χ4v) is 1.94. The molecule has 2 aromatic heterocycles. The number of nitrogens with zero attached hydrogens (tertiary/aromatic N) is 3. The number of halogens is 3. The van der Waals surface area contributed by atoms with Gasteiger partial charge in [-0.05, 0) is 34.7 Å². The zero-order valence-corrected chi connectivity index (χ0v) is 13.3. The van der Waals surface area contributed by atoms with Crippen LogP contribution in [0.3, 0.4) is 0 Å². The number of hydrogen-bond donors (Lipinski definition) is 3. The molecule has 0 atom stereocenters. The first kappa shape index (κ1) is 15.6. The van der Waals surface area contributed by atoms with Crippen molar-refractivity contribution in [3.8, 4) is 0 Å². The third kappa shape index (κ3) is 4.11. The third-order valence-corrected chi connectivity index (χ3v) is 3.93. The first-order chi connectivity index (χ1) is 9.97. The number of hydrazine groups is 1. The summed E-state index contributed by atoms with van der Waals surface area (Å²) in [4.78, 5) is 23.2. The van der Waals surface area contributed by atoms with Crippen molar-refractivity contribution in [3.05, 3.63) is 38.6 Å². The largest absolute Gasteiger partial charge is 0.368 e. The second-order valence-electron chi connectivity index (χ2n) is 3.82. The van der Waals surface area contributed by atoms with Gasteiger partial charge in [-0.1, -0.05) is 11.6 Å². The molecule has 0 aliphatic heterocycles. The van der Waals surface area contributed by atoms with Crippen LogP contribution in [0.4, 0.5) is 16.2 Å². The van der Waals surface area contributed by atoms with E-state index < -0.39 is 11.7 Å². The summed E-state index contributed by atoms with van der Waals surface area (Å²) < 4.78 is 13.9. The van der Waals surface area contributed by atoms with E-state index in [4.69, 9.17) is 17.3 Å². The minimum absolute atomic E-state index is 0.0343. The molecule has 7 nitrogen and oxygen atoms in total. The Morgan fingerprint density at radius 1 is 1.48 bits per heavy atom. The van der Waals surface area contributed by atoms with E-state index in [2.05, 4.69) is 25.8 Å². The second kappa shape index (κ2) is 6.80. The van der Waals surface area contributed by atoms with Gasteiger partial charge in [-0.3, -0.25) is 20.6 Å². The number of amides is 1. The highest BCUT2D eigenvalue weighted by atomic mass is 127. The van der Waals surface area contributed by atoms with Gasteiger partial charge in [-0.25, -0.2) is 9.37 Å². The van der Waals surface area contributed by atoms with E-state index in [-0.39, 0.29) is 29.0 Å². The monoisotopic (exact) mass is 422 g/mol. The minimum Gasteiger partial charge on any atom is -0.368 e. The Kier molecular flexibility index (Phi) is 5.07. The van der Waals surface area contributed by atoms with Crippen LogP contribution >= 0.6 is 34.2 Å². The number of nitrogen functional groups attached to an aromatic ring is 1. The lowest BCUT2D eigenvalue weighted by Gasteiger charge is -2.10. The first-order valence-electron chi connectivity index (χ1n) is 5.60. The molecule has 0 unspecified atom stereocenters. The minimum atomic E-state index is -0.545. The zero-order chi connectivity index (χ0) is 15.4. The SMILES string of the molecule is Nc1nc(Cl)c(I)c(NNC(=O)Cc2ncccc2F)n1. The highest BCUT2D eigenvalue weighted by molar-refractivity contribution is 14.1. The molecule has 0 aliphatic rings. The van der Waals surface area contributed by atoms with Gasteiger partial charge in [0.05, 0.1) is 15.7 Å². The fourth-order valence-electron chi connectivity index (χ4n) is 1.39. The van der Waals surface area contributed by atoms with Crippen molar-refractivity contribution in [1.82, 2.24) is 20.4 Å². The van der Waals surface area contributed by atoms with Gasteiger partial charge in [0.15, 0.2) is 5.82 Å². The quantitative estimate of drug-likeness (QED) is 0.392. The van der Waals surface area contributed by atoms with Gasteiger partial charge in [-0.2, -0.15) is 4.98 Å². The van der Waals surface area contributed by atoms with Crippen molar-refractivity contribution in [1.29, 1.82) is 0 Å². The predicted molar refractivity (Wildman–Crippen MR) is 83.8 cm³/mol. The summed E-state index contributed by atoms with van der Waals surface area (Å²) in [5, 5.41) is 0.163. The molecule has 0 bridgehead atoms. The smallest absolute Gasteiger partial charge is 0.244 e. The maximum Gasteiger partial charge on any atom is 0.244 e. The van der Waals surface area contributed by atoms with Crippen LogP contribution in [-0.4, -0.2) is 20.9 Å². The Bertz CT molecular complexity index is 686. The average molecular weight is 423 g/mol. The Hall–Kier alpha value is -1.75. The summed E-state index contributed by atoms with van der Waals surface area (Å²) in [6, 6.07) is 2.68. The summed E-state index contributed by atoms with van der Waals surface area (Å²) in [5.41, 5.74) is 10.4. The molecular formula is C11H9ClFIN6O. The van der Waals surface area contributed by atoms with Crippen LogP contribution in [0.1, 0.15) is 5.69 Å². The predicted octanol–water partition coefficient (Wildman–Crippen LogP) is 1.54. The Morgan fingerprint density at radius 2 is 2.24 bits per heavy atom. The van der Waals surface area contributed by atoms with Crippen molar-refractivity contribution in [2.24, 2.45) is 0 Å². The van der Waals surface area contributed by atoms with Crippen molar-refractivity contribution in [2.75, 3.05) is 11.2 Å². The summed E-state index contributed by atoms with van der Waals surface area (Å²) >= 11 is 7.73. The normalized spacial score (nSPS) is 10.2. The molecule has 0 aromatic carbocycles. The van der Waals surface area contributed by atoms with Gasteiger partial charge in [0.2, 0.25) is 11.9 Å². The number of nitrogens with two attached hydrogens (primary N) is 1. The van der Waals surface area contributed by atoms with E-state index in [9.17, 15) is 9.18 Å². The Morgan fingerprint density at radius 3 is 2.95 bits per heavy atom. The standard InChI is InChI=1S/C11H9ClFIN6O/c12-9-8(14)10(18-11(15)17-9)20-19-7(21)4-6-5(13)2-1-3-16-6/h1-3H,4H2,(H,19,21)(H3,15,17,18,20). The van der Waals surface area contributed by atoms with Crippen molar-refractivity contribution in [2.45, 2.75) is 6.42 Å². The van der Waals surface area contributed by atoms with Crippen molar-refractivity contribution >= 4 is 51.9 Å². The van der Waals surface area contributed by atoms with Crippen LogP contribution in [0, 0.1) is 9.39 Å². The number of nitrogens with one attached hydrogen (secondary N) is 2. The first-order valence-corrected chi connectivity index (χ1v) is 7.06. The molecule has 4 N–H and O–H groups in total. The van der Waals surface area contributed by atoms with E-state index >= 15 is 0 Å². The number of pyridine rings is 1. The molecule has 0 saturated carbocycles.